The molecular weight excluding hydrogens is 362 g/mol. The zero-order chi connectivity index (χ0) is 20.3. The monoisotopic (exact) mass is 383 g/mol. The molecule has 1 aliphatic rings. The molecule has 0 fully saturated rings. The second-order valence-corrected chi connectivity index (χ2v) is 6.65. The molecule has 2 atom stereocenters. The standard InChI is InChI=1S/C21H21NO6/c1-12-10-14-8-9-15(18(23)17(14)21(26)28-12)19(24)22-16(20(25)27-2)11-13-6-4-3-5-7-13/h3-9,12,16,23H,10-11H2,1-2H3,(H,22,24)/t12-,16+/m1/s1. The quantitative estimate of drug-likeness (QED) is 0.766. The third-order valence-electron chi connectivity index (χ3n) is 4.60. The van der Waals surface area contributed by atoms with Crippen LogP contribution in [0.25, 0.3) is 0 Å². The predicted molar refractivity (Wildman–Crippen MR) is 100 cm³/mol. The van der Waals surface area contributed by atoms with E-state index in [0.29, 0.717) is 12.0 Å². The Morgan fingerprint density at radius 2 is 1.96 bits per heavy atom. The molecule has 7 heteroatoms. The minimum atomic E-state index is -0.942. The Morgan fingerprint density at radius 3 is 2.64 bits per heavy atom. The molecule has 2 aromatic rings. The Bertz CT molecular complexity index is 909. The molecule has 28 heavy (non-hydrogen) atoms. The first-order valence-corrected chi connectivity index (χ1v) is 8.89. The van der Waals surface area contributed by atoms with Crippen molar-refractivity contribution in [3.63, 3.8) is 0 Å². The summed E-state index contributed by atoms with van der Waals surface area (Å²) in [6.07, 6.45) is 0.383. The van der Waals surface area contributed by atoms with E-state index in [1.165, 1.54) is 13.2 Å². The average Bonchev–Trinajstić information content (AvgIpc) is 2.67. The van der Waals surface area contributed by atoms with Crippen molar-refractivity contribution in [2.24, 2.45) is 0 Å². The number of phenols is 1. The summed E-state index contributed by atoms with van der Waals surface area (Å²) in [4.78, 5) is 36.9. The number of carbonyl (C=O) groups excluding carboxylic acids is 3. The fourth-order valence-corrected chi connectivity index (χ4v) is 3.23. The van der Waals surface area contributed by atoms with Gasteiger partial charge in [0.2, 0.25) is 0 Å². The first-order chi connectivity index (χ1) is 13.4. The summed E-state index contributed by atoms with van der Waals surface area (Å²) in [5.74, 6) is -2.41. The molecule has 0 saturated heterocycles. The van der Waals surface area contributed by atoms with Gasteiger partial charge in [-0.2, -0.15) is 0 Å². The zero-order valence-electron chi connectivity index (χ0n) is 15.6. The highest BCUT2D eigenvalue weighted by molar-refractivity contribution is 6.04. The van der Waals surface area contributed by atoms with Crippen LogP contribution in [0.15, 0.2) is 42.5 Å². The molecule has 0 spiro atoms. The van der Waals surface area contributed by atoms with Crippen molar-refractivity contribution in [1.29, 1.82) is 0 Å². The van der Waals surface area contributed by atoms with Crippen LogP contribution in [0.4, 0.5) is 0 Å². The number of methoxy groups -OCH3 is 1. The number of nitrogens with one attached hydrogen (secondary N) is 1. The molecule has 1 aliphatic heterocycles. The maximum absolute atomic E-state index is 12.7. The summed E-state index contributed by atoms with van der Waals surface area (Å²) < 4.78 is 9.92. The number of hydrogen-bond acceptors (Lipinski definition) is 6. The minimum absolute atomic E-state index is 0.0107. The Balaban J connectivity index is 1.85. The maximum Gasteiger partial charge on any atom is 0.342 e. The molecule has 0 aromatic heterocycles. The highest BCUT2D eigenvalue weighted by Gasteiger charge is 2.31. The van der Waals surface area contributed by atoms with Crippen molar-refractivity contribution >= 4 is 17.8 Å². The summed E-state index contributed by atoms with van der Waals surface area (Å²) in [5, 5.41) is 13.1. The summed E-state index contributed by atoms with van der Waals surface area (Å²) in [7, 11) is 1.24. The van der Waals surface area contributed by atoms with Crippen LogP contribution in [0.3, 0.4) is 0 Å². The summed E-state index contributed by atoms with van der Waals surface area (Å²) in [6, 6.07) is 11.3. The van der Waals surface area contributed by atoms with Crippen LogP contribution in [0.2, 0.25) is 0 Å². The Hall–Kier alpha value is -3.35. The lowest BCUT2D eigenvalue weighted by Gasteiger charge is -2.23. The number of benzene rings is 2. The third-order valence-corrected chi connectivity index (χ3v) is 4.60. The molecule has 2 aromatic carbocycles. The van der Waals surface area contributed by atoms with Crippen LogP contribution >= 0.6 is 0 Å². The topological polar surface area (TPSA) is 102 Å². The first kappa shape index (κ1) is 19.4. The predicted octanol–water partition coefficient (Wildman–Crippen LogP) is 2.01. The number of carbonyl (C=O) groups is 3. The molecule has 0 saturated carbocycles. The van der Waals surface area contributed by atoms with Gasteiger partial charge in [0, 0.05) is 12.8 Å². The van der Waals surface area contributed by atoms with Crippen molar-refractivity contribution in [3.8, 4) is 5.75 Å². The van der Waals surface area contributed by atoms with Gasteiger partial charge in [-0.3, -0.25) is 4.79 Å². The van der Waals surface area contributed by atoms with Gasteiger partial charge in [-0.05, 0) is 24.1 Å². The van der Waals surface area contributed by atoms with Gasteiger partial charge >= 0.3 is 11.9 Å². The second-order valence-electron chi connectivity index (χ2n) is 6.65. The van der Waals surface area contributed by atoms with E-state index >= 15 is 0 Å². The van der Waals surface area contributed by atoms with Gasteiger partial charge in [0.15, 0.2) is 0 Å². The number of fused-ring (bicyclic) bond motifs is 1. The smallest absolute Gasteiger partial charge is 0.342 e. The van der Waals surface area contributed by atoms with Gasteiger partial charge in [0.05, 0.1) is 12.7 Å². The van der Waals surface area contributed by atoms with Crippen LogP contribution in [0, 0.1) is 0 Å². The van der Waals surface area contributed by atoms with E-state index in [0.717, 1.165) is 5.56 Å². The fraction of sp³-hybridized carbons (Fsp3) is 0.286. The molecule has 146 valence electrons. The summed E-state index contributed by atoms with van der Waals surface area (Å²) in [5.41, 5.74) is 1.34. The molecule has 0 unspecified atom stereocenters. The third kappa shape index (κ3) is 3.98. The highest BCUT2D eigenvalue weighted by Crippen LogP contribution is 2.31. The lowest BCUT2D eigenvalue weighted by atomic mass is 9.95. The largest absolute Gasteiger partial charge is 0.506 e. The van der Waals surface area contributed by atoms with E-state index in [2.05, 4.69) is 5.32 Å². The normalized spacial score (nSPS) is 16.5. The lowest BCUT2D eigenvalue weighted by molar-refractivity contribution is -0.142. The lowest BCUT2D eigenvalue weighted by Crippen LogP contribution is -2.43. The molecule has 0 radical (unpaired) electrons. The number of hydrogen-bond donors (Lipinski definition) is 2. The fourth-order valence-electron chi connectivity index (χ4n) is 3.23. The molecule has 0 bridgehead atoms. The molecular formula is C21H21NO6. The van der Waals surface area contributed by atoms with Crippen molar-refractivity contribution in [1.82, 2.24) is 5.32 Å². The highest BCUT2D eigenvalue weighted by atomic mass is 16.5. The van der Waals surface area contributed by atoms with Crippen molar-refractivity contribution in [2.75, 3.05) is 7.11 Å². The Labute approximate surface area is 162 Å². The van der Waals surface area contributed by atoms with E-state index < -0.39 is 29.6 Å². The van der Waals surface area contributed by atoms with Crippen molar-refractivity contribution in [3.05, 3.63) is 64.7 Å². The number of rotatable bonds is 5. The van der Waals surface area contributed by atoms with Crippen molar-refractivity contribution < 1.29 is 29.0 Å². The SMILES string of the molecule is COC(=O)[C@H](Cc1ccccc1)NC(=O)c1ccc2c(c1O)C(=O)O[C@H](C)C2. The molecule has 3 rings (SSSR count). The number of aromatic hydroxyl groups is 1. The second kappa shape index (κ2) is 8.12. The van der Waals surface area contributed by atoms with Gasteiger partial charge in [-0.25, -0.2) is 9.59 Å². The van der Waals surface area contributed by atoms with Gasteiger partial charge in [-0.1, -0.05) is 36.4 Å². The van der Waals surface area contributed by atoms with Gasteiger partial charge in [0.25, 0.3) is 5.91 Å². The van der Waals surface area contributed by atoms with E-state index in [9.17, 15) is 19.5 Å². The van der Waals surface area contributed by atoms with Crippen LogP contribution in [0.1, 0.15) is 38.8 Å². The van der Waals surface area contributed by atoms with E-state index in [-0.39, 0.29) is 23.7 Å². The summed E-state index contributed by atoms with van der Waals surface area (Å²) >= 11 is 0. The Morgan fingerprint density at radius 1 is 1.25 bits per heavy atom. The molecule has 1 amide bonds. The Kier molecular flexibility index (Phi) is 5.63. The number of cyclic esters (lactones) is 1. The van der Waals surface area contributed by atoms with Crippen LogP contribution < -0.4 is 5.32 Å². The van der Waals surface area contributed by atoms with E-state index in [1.54, 1.807) is 13.0 Å². The van der Waals surface area contributed by atoms with E-state index in [4.69, 9.17) is 9.47 Å². The van der Waals surface area contributed by atoms with Crippen LogP contribution in [-0.4, -0.2) is 42.2 Å². The number of esters is 2. The average molecular weight is 383 g/mol. The van der Waals surface area contributed by atoms with Crippen LogP contribution in [0.5, 0.6) is 5.75 Å². The van der Waals surface area contributed by atoms with Crippen LogP contribution in [-0.2, 0) is 27.1 Å². The number of ether oxygens (including phenoxy) is 2. The van der Waals surface area contributed by atoms with Gasteiger partial charge < -0.3 is 19.9 Å². The summed E-state index contributed by atoms with van der Waals surface area (Å²) in [6.45, 7) is 1.75. The van der Waals surface area contributed by atoms with E-state index in [1.807, 2.05) is 30.3 Å². The maximum atomic E-state index is 12.7. The molecule has 7 nitrogen and oxygen atoms in total. The number of phenolic OH excluding ortho intramolecular Hbond substituents is 1. The van der Waals surface area contributed by atoms with Crippen molar-refractivity contribution in [2.45, 2.75) is 31.9 Å². The molecule has 2 N–H and O–H groups in total. The first-order valence-electron chi connectivity index (χ1n) is 8.89. The van der Waals surface area contributed by atoms with Gasteiger partial charge in [0.1, 0.15) is 23.5 Å². The molecule has 0 aliphatic carbocycles. The molecule has 1 heterocycles. The zero-order valence-corrected chi connectivity index (χ0v) is 15.6. The number of amides is 1. The van der Waals surface area contributed by atoms with Gasteiger partial charge in [-0.15, -0.1) is 0 Å². The minimum Gasteiger partial charge on any atom is -0.506 e.